The third kappa shape index (κ3) is 3.99. The van der Waals surface area contributed by atoms with Gasteiger partial charge in [0.15, 0.2) is 5.17 Å². The number of fused-ring (bicyclic) bond motifs is 1. The van der Waals surface area contributed by atoms with E-state index in [0.717, 1.165) is 23.8 Å². The maximum atomic E-state index is 13.5. The predicted molar refractivity (Wildman–Crippen MR) is 118 cm³/mol. The van der Waals surface area contributed by atoms with Crippen molar-refractivity contribution in [3.8, 4) is 0 Å². The van der Waals surface area contributed by atoms with Crippen LogP contribution in [0.2, 0.25) is 0 Å². The van der Waals surface area contributed by atoms with Gasteiger partial charge in [-0.05, 0) is 30.2 Å². The molecule has 0 N–H and O–H groups in total. The fourth-order valence-electron chi connectivity index (χ4n) is 3.74. The van der Waals surface area contributed by atoms with Gasteiger partial charge >= 0.3 is 0 Å². The lowest BCUT2D eigenvalue weighted by Crippen LogP contribution is -2.42. The van der Waals surface area contributed by atoms with Gasteiger partial charge in [0.2, 0.25) is 0 Å². The van der Waals surface area contributed by atoms with Crippen molar-refractivity contribution in [2.75, 3.05) is 13.1 Å². The second-order valence-electron chi connectivity index (χ2n) is 7.79. The molecule has 0 bridgehead atoms. The van der Waals surface area contributed by atoms with Gasteiger partial charge in [-0.25, -0.2) is 4.39 Å². The largest absolute Gasteiger partial charge is 0.322 e. The molecule has 2 aromatic rings. The number of nitrogens with zero attached hydrogens (tertiary/aromatic N) is 2. The van der Waals surface area contributed by atoms with E-state index in [9.17, 15) is 4.39 Å². The number of hydrogen-bond donors (Lipinski definition) is 0. The van der Waals surface area contributed by atoms with Crippen LogP contribution in [0.25, 0.3) is 0 Å². The van der Waals surface area contributed by atoms with Crippen molar-refractivity contribution in [2.45, 2.75) is 26.7 Å². The SMILES string of the molecule is Br.CC1=C(C(c2ccccc2)c2ccc(F)cc2)N2CC(C)(C)CN=C2S1. The Morgan fingerprint density at radius 2 is 1.67 bits per heavy atom. The van der Waals surface area contributed by atoms with Crippen LogP contribution in [0, 0.1) is 11.2 Å². The highest BCUT2D eigenvalue weighted by atomic mass is 79.9. The molecular formula is C22H24BrFN2S. The van der Waals surface area contributed by atoms with Crippen molar-refractivity contribution in [3.05, 3.63) is 82.1 Å². The first kappa shape index (κ1) is 20.2. The summed E-state index contributed by atoms with van der Waals surface area (Å²) in [4.78, 5) is 8.49. The summed E-state index contributed by atoms with van der Waals surface area (Å²) in [5.41, 5.74) is 3.75. The topological polar surface area (TPSA) is 15.6 Å². The maximum absolute atomic E-state index is 13.5. The maximum Gasteiger partial charge on any atom is 0.168 e. The summed E-state index contributed by atoms with van der Waals surface area (Å²) in [6.45, 7) is 8.51. The van der Waals surface area contributed by atoms with Crippen LogP contribution < -0.4 is 0 Å². The molecule has 5 heteroatoms. The zero-order valence-electron chi connectivity index (χ0n) is 15.8. The first-order valence-corrected chi connectivity index (χ1v) is 9.77. The minimum Gasteiger partial charge on any atom is -0.322 e. The molecule has 2 heterocycles. The summed E-state index contributed by atoms with van der Waals surface area (Å²) < 4.78 is 13.5. The molecule has 0 amide bonds. The van der Waals surface area contributed by atoms with Crippen molar-refractivity contribution >= 4 is 33.9 Å². The molecule has 0 aliphatic carbocycles. The van der Waals surface area contributed by atoms with Crippen LogP contribution in [0.3, 0.4) is 0 Å². The van der Waals surface area contributed by atoms with E-state index in [1.165, 1.54) is 16.2 Å². The predicted octanol–water partition coefficient (Wildman–Crippen LogP) is 6.21. The van der Waals surface area contributed by atoms with E-state index in [0.29, 0.717) is 0 Å². The molecule has 2 aliphatic rings. The van der Waals surface area contributed by atoms with Gasteiger partial charge in [0.25, 0.3) is 0 Å². The van der Waals surface area contributed by atoms with Gasteiger partial charge in [-0.2, -0.15) is 0 Å². The second-order valence-corrected chi connectivity index (χ2v) is 8.97. The fourth-order valence-corrected chi connectivity index (χ4v) is 4.74. The van der Waals surface area contributed by atoms with Crippen LogP contribution in [-0.2, 0) is 0 Å². The molecular weight excluding hydrogens is 423 g/mol. The van der Waals surface area contributed by atoms with Crippen molar-refractivity contribution in [1.29, 1.82) is 0 Å². The lowest BCUT2D eigenvalue weighted by atomic mass is 9.85. The van der Waals surface area contributed by atoms with E-state index >= 15 is 0 Å². The molecule has 27 heavy (non-hydrogen) atoms. The highest BCUT2D eigenvalue weighted by Gasteiger charge is 2.39. The Kier molecular flexibility index (Phi) is 5.82. The molecule has 0 fully saturated rings. The highest BCUT2D eigenvalue weighted by molar-refractivity contribution is 8.93. The van der Waals surface area contributed by atoms with Gasteiger partial charge in [0.05, 0.1) is 5.92 Å². The number of benzene rings is 2. The number of hydrogen-bond acceptors (Lipinski definition) is 3. The Balaban J connectivity index is 0.00000210. The van der Waals surface area contributed by atoms with E-state index in [2.05, 4.69) is 49.9 Å². The fraction of sp³-hybridized carbons (Fsp3) is 0.318. The van der Waals surface area contributed by atoms with E-state index in [4.69, 9.17) is 4.99 Å². The van der Waals surface area contributed by atoms with E-state index in [-0.39, 0.29) is 34.1 Å². The minimum absolute atomic E-state index is 0. The molecule has 0 saturated heterocycles. The number of halogens is 2. The molecule has 0 spiro atoms. The van der Waals surface area contributed by atoms with Crippen LogP contribution in [0.15, 0.2) is 70.2 Å². The first-order valence-electron chi connectivity index (χ1n) is 8.96. The van der Waals surface area contributed by atoms with Gasteiger partial charge in [0, 0.05) is 29.1 Å². The quantitative estimate of drug-likeness (QED) is 0.556. The van der Waals surface area contributed by atoms with Gasteiger partial charge < -0.3 is 4.90 Å². The van der Waals surface area contributed by atoms with E-state index in [1.807, 2.05) is 18.2 Å². The molecule has 2 nitrogen and oxygen atoms in total. The Bertz CT molecular complexity index is 875. The molecule has 0 radical (unpaired) electrons. The Hall–Kier alpha value is -1.59. The summed E-state index contributed by atoms with van der Waals surface area (Å²) in [5, 5.41) is 1.10. The third-order valence-electron chi connectivity index (χ3n) is 4.96. The molecule has 0 aromatic heterocycles. The Morgan fingerprint density at radius 1 is 1.04 bits per heavy atom. The Morgan fingerprint density at radius 3 is 2.33 bits per heavy atom. The molecule has 142 valence electrons. The van der Waals surface area contributed by atoms with Gasteiger partial charge in [-0.15, -0.1) is 17.0 Å². The summed E-state index contributed by atoms with van der Waals surface area (Å²) >= 11 is 1.76. The molecule has 2 aliphatic heterocycles. The van der Waals surface area contributed by atoms with Crippen LogP contribution in [-0.4, -0.2) is 23.2 Å². The van der Waals surface area contributed by atoms with Gasteiger partial charge in [0.1, 0.15) is 5.82 Å². The first-order chi connectivity index (χ1) is 12.4. The zero-order chi connectivity index (χ0) is 18.3. The standard InChI is InChI=1S/C22H23FN2S.BrH/c1-15-20(25-14-22(2,3)13-24-21(25)26-15)19(16-7-5-4-6-8-16)17-9-11-18(23)12-10-17;/h4-12,19H,13-14H2,1-3H3;1H. The summed E-state index contributed by atoms with van der Waals surface area (Å²) in [6, 6.07) is 17.4. The van der Waals surface area contributed by atoms with Crippen LogP contribution in [0.5, 0.6) is 0 Å². The summed E-state index contributed by atoms with van der Waals surface area (Å²) in [5.74, 6) is -0.126. The summed E-state index contributed by atoms with van der Waals surface area (Å²) in [6.07, 6.45) is 0. The number of amidine groups is 1. The second kappa shape index (κ2) is 7.80. The minimum atomic E-state index is -0.201. The zero-order valence-corrected chi connectivity index (χ0v) is 18.3. The number of thioether (sulfide) groups is 1. The third-order valence-corrected chi connectivity index (χ3v) is 6.01. The van der Waals surface area contributed by atoms with Crippen molar-refractivity contribution in [3.63, 3.8) is 0 Å². The number of aliphatic imine (C=N–C) groups is 1. The van der Waals surface area contributed by atoms with Crippen LogP contribution in [0.1, 0.15) is 37.8 Å². The molecule has 2 aromatic carbocycles. The van der Waals surface area contributed by atoms with E-state index in [1.54, 1.807) is 23.9 Å². The molecule has 0 saturated carbocycles. The number of rotatable bonds is 3. The van der Waals surface area contributed by atoms with Crippen LogP contribution in [0.4, 0.5) is 4.39 Å². The van der Waals surface area contributed by atoms with E-state index < -0.39 is 0 Å². The molecule has 1 atom stereocenters. The van der Waals surface area contributed by atoms with Crippen molar-refractivity contribution in [2.24, 2.45) is 10.4 Å². The average molecular weight is 447 g/mol. The highest BCUT2D eigenvalue weighted by Crippen LogP contribution is 2.47. The van der Waals surface area contributed by atoms with Crippen molar-refractivity contribution in [1.82, 2.24) is 4.90 Å². The monoisotopic (exact) mass is 446 g/mol. The van der Waals surface area contributed by atoms with Gasteiger partial charge in [-0.3, -0.25) is 4.99 Å². The molecule has 1 unspecified atom stereocenters. The van der Waals surface area contributed by atoms with Crippen molar-refractivity contribution < 1.29 is 4.39 Å². The van der Waals surface area contributed by atoms with Crippen LogP contribution >= 0.6 is 28.7 Å². The van der Waals surface area contributed by atoms with Gasteiger partial charge in [-0.1, -0.05) is 68.1 Å². The molecule has 4 rings (SSSR count). The lowest BCUT2D eigenvalue weighted by Gasteiger charge is -2.38. The average Bonchev–Trinajstić information content (AvgIpc) is 2.92. The lowest BCUT2D eigenvalue weighted by molar-refractivity contribution is 0.271. The normalized spacial score (nSPS) is 19.3. The smallest absolute Gasteiger partial charge is 0.168 e. The Labute approximate surface area is 175 Å². The summed E-state index contributed by atoms with van der Waals surface area (Å²) in [7, 11) is 0. The number of allylic oxidation sites excluding steroid dienone is 2.